The Balaban J connectivity index is 1.30. The molecule has 2 unspecified atom stereocenters. The molecule has 6 aromatic rings. The lowest BCUT2D eigenvalue weighted by Gasteiger charge is -2.38. The summed E-state index contributed by atoms with van der Waals surface area (Å²) in [7, 11) is 0. The summed E-state index contributed by atoms with van der Waals surface area (Å²) >= 11 is 0. The van der Waals surface area contributed by atoms with Crippen molar-refractivity contribution in [3.63, 3.8) is 0 Å². The third-order valence-electron chi connectivity index (χ3n) is 10.2. The molecule has 1 heteroatoms. The van der Waals surface area contributed by atoms with Crippen molar-refractivity contribution in [1.82, 2.24) is 4.98 Å². The molecule has 222 valence electrons. The maximum Gasteiger partial charge on any atom is 0.0788 e. The number of rotatable bonds is 4. The van der Waals surface area contributed by atoms with Crippen LogP contribution in [0.25, 0.3) is 54.7 Å². The van der Waals surface area contributed by atoms with E-state index in [1.54, 1.807) is 0 Å². The number of fused-ring (bicyclic) bond motifs is 6. The number of hydrogen-bond acceptors (Lipinski definition) is 1. The summed E-state index contributed by atoms with van der Waals surface area (Å²) < 4.78 is 0. The van der Waals surface area contributed by atoms with Gasteiger partial charge in [-0.05, 0) is 79.4 Å². The molecule has 0 N–H and O–H groups in total. The van der Waals surface area contributed by atoms with E-state index in [2.05, 4.69) is 165 Å². The van der Waals surface area contributed by atoms with Gasteiger partial charge in [-0.2, -0.15) is 0 Å². The monoisotopic (exact) mass is 599 g/mol. The van der Waals surface area contributed by atoms with Gasteiger partial charge >= 0.3 is 0 Å². The lowest BCUT2D eigenvalue weighted by atomic mass is 9.65. The largest absolute Gasteiger partial charge is 0.247 e. The first kappa shape index (κ1) is 27.5. The SMILES string of the molecule is C=C(C1=C2C=CC=CC2C2C=CC=CC2=C1c1ccc2ccccc2c1C)c1cc2ccccc2c(-c2ccc3ccccc3c2)n1. The highest BCUT2D eigenvalue weighted by Crippen LogP contribution is 2.52. The molecule has 0 amide bonds. The van der Waals surface area contributed by atoms with Crippen molar-refractivity contribution in [3.05, 3.63) is 198 Å². The molecule has 9 rings (SSSR count). The van der Waals surface area contributed by atoms with E-state index >= 15 is 0 Å². The smallest absolute Gasteiger partial charge is 0.0788 e. The number of benzene rings is 5. The first-order valence-electron chi connectivity index (χ1n) is 16.4. The highest BCUT2D eigenvalue weighted by Gasteiger charge is 2.36. The molecule has 0 saturated heterocycles. The summed E-state index contributed by atoms with van der Waals surface area (Å²) in [6.07, 6.45) is 18.1. The molecule has 1 nitrogen and oxygen atoms in total. The molecule has 1 aromatic heterocycles. The summed E-state index contributed by atoms with van der Waals surface area (Å²) in [5.74, 6) is 0.485. The number of nitrogens with zero attached hydrogens (tertiary/aromatic N) is 1. The van der Waals surface area contributed by atoms with Crippen LogP contribution in [0, 0.1) is 18.8 Å². The van der Waals surface area contributed by atoms with Gasteiger partial charge in [0, 0.05) is 28.4 Å². The Morgan fingerprint density at radius 1 is 0.596 bits per heavy atom. The standard InChI is InChI=1S/C46H33N/c1-29-36-17-7-5-14-32(36)25-26-37(29)45-42-22-12-10-20-40(42)39-19-9-11-21-41(39)44(45)30(2)43-28-34-16-6-8-18-38(34)46(47-43)35-24-23-31-13-3-4-15-33(31)27-35/h3-28,39-40H,2H2,1H3. The normalized spacial score (nSPS) is 18.3. The van der Waals surface area contributed by atoms with E-state index < -0.39 is 0 Å². The Morgan fingerprint density at radius 3 is 2.04 bits per heavy atom. The Kier molecular flexibility index (Phi) is 6.40. The summed E-state index contributed by atoms with van der Waals surface area (Å²) in [6.45, 7) is 7.15. The van der Waals surface area contributed by atoms with Crippen LogP contribution in [0.4, 0.5) is 0 Å². The van der Waals surface area contributed by atoms with Gasteiger partial charge in [-0.1, -0.05) is 152 Å². The Hall–Kier alpha value is -5.79. The average molecular weight is 600 g/mol. The van der Waals surface area contributed by atoms with Crippen molar-refractivity contribution in [2.45, 2.75) is 6.92 Å². The fourth-order valence-corrected chi connectivity index (χ4v) is 7.88. The molecule has 3 aliphatic rings. The van der Waals surface area contributed by atoms with Gasteiger partial charge in [0.15, 0.2) is 0 Å². The predicted octanol–water partition coefficient (Wildman–Crippen LogP) is 11.8. The van der Waals surface area contributed by atoms with E-state index in [-0.39, 0.29) is 11.8 Å². The van der Waals surface area contributed by atoms with E-state index in [0.717, 1.165) is 33.3 Å². The number of pyridine rings is 1. The number of hydrogen-bond donors (Lipinski definition) is 0. The maximum absolute atomic E-state index is 5.46. The zero-order valence-corrected chi connectivity index (χ0v) is 26.3. The second kappa shape index (κ2) is 10.9. The number of allylic oxidation sites excluding steroid dienone is 13. The zero-order valence-electron chi connectivity index (χ0n) is 26.3. The van der Waals surface area contributed by atoms with Crippen LogP contribution in [-0.4, -0.2) is 4.98 Å². The molecular weight excluding hydrogens is 567 g/mol. The van der Waals surface area contributed by atoms with Crippen LogP contribution in [0.3, 0.4) is 0 Å². The molecule has 1 heterocycles. The fraction of sp³-hybridized carbons (Fsp3) is 0.0652. The van der Waals surface area contributed by atoms with Crippen LogP contribution < -0.4 is 0 Å². The number of aryl methyl sites for hydroxylation is 1. The lowest BCUT2D eigenvalue weighted by molar-refractivity contribution is 0.614. The van der Waals surface area contributed by atoms with Crippen molar-refractivity contribution >= 4 is 43.5 Å². The minimum absolute atomic E-state index is 0.230. The highest BCUT2D eigenvalue weighted by atomic mass is 14.7. The Labute approximate surface area is 275 Å². The van der Waals surface area contributed by atoms with Crippen molar-refractivity contribution in [1.29, 1.82) is 0 Å². The summed E-state index contributed by atoms with van der Waals surface area (Å²) in [5, 5.41) is 7.28. The van der Waals surface area contributed by atoms with E-state index in [9.17, 15) is 0 Å². The molecule has 0 aliphatic heterocycles. The van der Waals surface area contributed by atoms with Crippen molar-refractivity contribution < 1.29 is 0 Å². The topological polar surface area (TPSA) is 12.9 Å². The van der Waals surface area contributed by atoms with Gasteiger partial charge in [-0.15, -0.1) is 0 Å². The minimum Gasteiger partial charge on any atom is -0.247 e. The van der Waals surface area contributed by atoms with Crippen molar-refractivity contribution in [2.24, 2.45) is 11.8 Å². The van der Waals surface area contributed by atoms with Gasteiger partial charge in [0.1, 0.15) is 0 Å². The summed E-state index contributed by atoms with van der Waals surface area (Å²) in [5.41, 5.74) is 11.6. The van der Waals surface area contributed by atoms with Crippen LogP contribution in [0.5, 0.6) is 0 Å². The molecule has 0 fully saturated rings. The van der Waals surface area contributed by atoms with Crippen molar-refractivity contribution in [2.75, 3.05) is 0 Å². The van der Waals surface area contributed by atoms with E-state index in [0.29, 0.717) is 0 Å². The molecule has 47 heavy (non-hydrogen) atoms. The van der Waals surface area contributed by atoms with Crippen LogP contribution >= 0.6 is 0 Å². The Bertz CT molecular complexity index is 2490. The first-order chi connectivity index (χ1) is 23.2. The highest BCUT2D eigenvalue weighted by molar-refractivity contribution is 6.06. The van der Waals surface area contributed by atoms with Crippen LogP contribution in [-0.2, 0) is 0 Å². The fourth-order valence-electron chi connectivity index (χ4n) is 7.88. The van der Waals surface area contributed by atoms with Crippen LogP contribution in [0.1, 0.15) is 16.8 Å². The van der Waals surface area contributed by atoms with Crippen LogP contribution in [0.15, 0.2) is 181 Å². The van der Waals surface area contributed by atoms with E-state index in [1.807, 2.05) is 0 Å². The molecule has 0 radical (unpaired) electrons. The molecule has 5 aromatic carbocycles. The van der Waals surface area contributed by atoms with Gasteiger partial charge in [0.05, 0.1) is 11.4 Å². The van der Waals surface area contributed by atoms with Gasteiger partial charge < -0.3 is 0 Å². The van der Waals surface area contributed by atoms with Crippen LogP contribution in [0.2, 0.25) is 0 Å². The molecular formula is C46H33N. The zero-order chi connectivity index (χ0) is 31.5. The second-order valence-electron chi connectivity index (χ2n) is 12.8. The van der Waals surface area contributed by atoms with Gasteiger partial charge in [0.2, 0.25) is 0 Å². The third-order valence-corrected chi connectivity index (χ3v) is 10.2. The van der Waals surface area contributed by atoms with Gasteiger partial charge in [0.25, 0.3) is 0 Å². The van der Waals surface area contributed by atoms with E-state index in [1.165, 1.54) is 55.0 Å². The lowest BCUT2D eigenvalue weighted by Crippen LogP contribution is -2.24. The molecule has 0 saturated carbocycles. The minimum atomic E-state index is 0.230. The average Bonchev–Trinajstić information content (AvgIpc) is 3.14. The molecule has 0 bridgehead atoms. The van der Waals surface area contributed by atoms with E-state index in [4.69, 9.17) is 11.6 Å². The second-order valence-corrected chi connectivity index (χ2v) is 12.8. The molecule has 3 aliphatic carbocycles. The van der Waals surface area contributed by atoms with Crippen molar-refractivity contribution in [3.8, 4) is 11.3 Å². The quantitative estimate of drug-likeness (QED) is 0.196. The first-order valence-corrected chi connectivity index (χ1v) is 16.4. The third kappa shape index (κ3) is 4.42. The summed E-state index contributed by atoms with van der Waals surface area (Å²) in [6, 6.07) is 39.3. The Morgan fingerprint density at radius 2 is 1.23 bits per heavy atom. The number of aromatic nitrogens is 1. The maximum atomic E-state index is 5.46. The predicted molar refractivity (Wildman–Crippen MR) is 200 cm³/mol. The molecule has 0 spiro atoms. The van der Waals surface area contributed by atoms with Gasteiger partial charge in [-0.3, -0.25) is 0 Å². The summed E-state index contributed by atoms with van der Waals surface area (Å²) in [4.78, 5) is 5.46. The molecule has 2 atom stereocenters. The van der Waals surface area contributed by atoms with Gasteiger partial charge in [-0.25, -0.2) is 4.98 Å².